The summed E-state index contributed by atoms with van der Waals surface area (Å²) in [7, 11) is 0. The van der Waals surface area contributed by atoms with Gasteiger partial charge in [-0.25, -0.2) is 9.48 Å². The van der Waals surface area contributed by atoms with Gasteiger partial charge in [0.25, 0.3) is 11.5 Å². The lowest BCUT2D eigenvalue weighted by Gasteiger charge is -2.34. The third-order valence-electron chi connectivity index (χ3n) is 5.99. The number of nitrogens with zero attached hydrogens (tertiary/aromatic N) is 2. The zero-order chi connectivity index (χ0) is 21.8. The molecule has 3 rings (SSSR count). The summed E-state index contributed by atoms with van der Waals surface area (Å²) in [5.74, 6) is 0.122. The SMILES string of the molecule is CC(C)Cn1nc(C(=O)OCC(=O)N[C@@H]2CCC[C@@H](C)[C@H]2C)c2ccccc2c1=O. The molecular weight excluding hydrogens is 382 g/mol. The largest absolute Gasteiger partial charge is 0.451 e. The number of amides is 1. The first-order valence-corrected chi connectivity index (χ1v) is 10.7. The molecule has 1 N–H and O–H groups in total. The monoisotopic (exact) mass is 413 g/mol. The van der Waals surface area contributed by atoms with Crippen LogP contribution in [0.4, 0.5) is 0 Å². The number of ether oxygens (including phenoxy) is 1. The molecule has 7 nitrogen and oxygen atoms in total. The van der Waals surface area contributed by atoms with Gasteiger partial charge in [-0.15, -0.1) is 0 Å². The molecule has 1 aliphatic rings. The number of benzene rings is 1. The maximum absolute atomic E-state index is 12.7. The van der Waals surface area contributed by atoms with Gasteiger partial charge in [0.2, 0.25) is 0 Å². The highest BCUT2D eigenvalue weighted by Gasteiger charge is 2.28. The predicted octanol–water partition coefficient (Wildman–Crippen LogP) is 3.15. The van der Waals surface area contributed by atoms with Crippen LogP contribution >= 0.6 is 0 Å². The van der Waals surface area contributed by atoms with Crippen LogP contribution in [0.5, 0.6) is 0 Å². The van der Waals surface area contributed by atoms with Crippen molar-refractivity contribution in [2.75, 3.05) is 6.61 Å². The maximum Gasteiger partial charge on any atom is 0.359 e. The molecule has 0 saturated heterocycles. The van der Waals surface area contributed by atoms with E-state index in [2.05, 4.69) is 24.3 Å². The Hall–Kier alpha value is -2.70. The van der Waals surface area contributed by atoms with Gasteiger partial charge in [0.15, 0.2) is 12.3 Å². The normalized spacial score (nSPS) is 21.6. The summed E-state index contributed by atoms with van der Waals surface area (Å²) in [5.41, 5.74) is -0.188. The molecule has 162 valence electrons. The van der Waals surface area contributed by atoms with Crippen LogP contribution in [0.25, 0.3) is 10.8 Å². The third kappa shape index (κ3) is 4.89. The zero-order valence-corrected chi connectivity index (χ0v) is 18.2. The molecule has 0 aliphatic heterocycles. The topological polar surface area (TPSA) is 90.3 Å². The minimum absolute atomic E-state index is 0.0540. The molecular formula is C23H31N3O4. The Bertz CT molecular complexity index is 982. The molecule has 3 atom stereocenters. The van der Waals surface area contributed by atoms with E-state index in [0.29, 0.717) is 29.2 Å². The number of hydrogen-bond acceptors (Lipinski definition) is 5. The summed E-state index contributed by atoms with van der Waals surface area (Å²) in [6.07, 6.45) is 3.20. The number of fused-ring (bicyclic) bond motifs is 1. The number of hydrogen-bond donors (Lipinski definition) is 1. The number of carbonyl (C=O) groups is 2. The van der Waals surface area contributed by atoms with Gasteiger partial charge < -0.3 is 10.1 Å². The summed E-state index contributed by atoms with van der Waals surface area (Å²) in [5, 5.41) is 8.10. The molecule has 0 spiro atoms. The quantitative estimate of drug-likeness (QED) is 0.735. The van der Waals surface area contributed by atoms with Crippen molar-refractivity contribution in [2.24, 2.45) is 17.8 Å². The summed E-state index contributed by atoms with van der Waals surface area (Å²) >= 11 is 0. The molecule has 1 aromatic heterocycles. The minimum atomic E-state index is -0.705. The summed E-state index contributed by atoms with van der Waals surface area (Å²) in [4.78, 5) is 37.8. The van der Waals surface area contributed by atoms with E-state index in [4.69, 9.17) is 4.74 Å². The molecule has 30 heavy (non-hydrogen) atoms. The number of nitrogens with one attached hydrogen (secondary N) is 1. The van der Waals surface area contributed by atoms with Gasteiger partial charge in [-0.3, -0.25) is 9.59 Å². The average molecular weight is 414 g/mol. The van der Waals surface area contributed by atoms with Crippen molar-refractivity contribution in [1.29, 1.82) is 0 Å². The molecule has 1 saturated carbocycles. The molecule has 2 aromatic rings. The van der Waals surface area contributed by atoms with Crippen molar-refractivity contribution in [3.8, 4) is 0 Å². The fraction of sp³-hybridized carbons (Fsp3) is 0.565. The first-order chi connectivity index (χ1) is 14.3. The highest BCUT2D eigenvalue weighted by molar-refractivity contribution is 6.02. The van der Waals surface area contributed by atoms with Crippen molar-refractivity contribution in [2.45, 2.75) is 59.5 Å². The van der Waals surface area contributed by atoms with Crippen molar-refractivity contribution < 1.29 is 14.3 Å². The van der Waals surface area contributed by atoms with E-state index in [-0.39, 0.29) is 35.7 Å². The van der Waals surface area contributed by atoms with Crippen molar-refractivity contribution in [3.05, 3.63) is 40.3 Å². The highest BCUT2D eigenvalue weighted by Crippen LogP contribution is 2.29. The van der Waals surface area contributed by atoms with Crippen LogP contribution in [0, 0.1) is 17.8 Å². The van der Waals surface area contributed by atoms with Gasteiger partial charge >= 0.3 is 5.97 Å². The van der Waals surface area contributed by atoms with Crippen LogP contribution in [0.1, 0.15) is 57.4 Å². The lowest BCUT2D eigenvalue weighted by Crippen LogP contribution is -2.45. The van der Waals surface area contributed by atoms with Crippen LogP contribution in [0.15, 0.2) is 29.1 Å². The molecule has 1 heterocycles. The van der Waals surface area contributed by atoms with Gasteiger partial charge in [0, 0.05) is 18.0 Å². The lowest BCUT2D eigenvalue weighted by molar-refractivity contribution is -0.125. The minimum Gasteiger partial charge on any atom is -0.451 e. The van der Waals surface area contributed by atoms with Crippen LogP contribution in [-0.4, -0.2) is 34.3 Å². The molecule has 1 fully saturated rings. The van der Waals surface area contributed by atoms with E-state index in [0.717, 1.165) is 12.8 Å². The maximum atomic E-state index is 12.7. The van der Waals surface area contributed by atoms with Gasteiger partial charge in [-0.05, 0) is 30.2 Å². The van der Waals surface area contributed by atoms with Gasteiger partial charge in [0.05, 0.1) is 5.39 Å². The Morgan fingerprint density at radius 3 is 2.60 bits per heavy atom. The van der Waals surface area contributed by atoms with Crippen LogP contribution in [0.2, 0.25) is 0 Å². The van der Waals surface area contributed by atoms with E-state index in [1.54, 1.807) is 24.3 Å². The summed E-state index contributed by atoms with van der Waals surface area (Å²) in [6, 6.07) is 6.94. The molecule has 0 bridgehead atoms. The molecule has 0 unspecified atom stereocenters. The Morgan fingerprint density at radius 1 is 1.20 bits per heavy atom. The third-order valence-corrected chi connectivity index (χ3v) is 5.99. The van der Waals surface area contributed by atoms with Gasteiger partial charge in [-0.1, -0.05) is 58.7 Å². The van der Waals surface area contributed by atoms with Crippen LogP contribution < -0.4 is 10.9 Å². The van der Waals surface area contributed by atoms with E-state index in [1.807, 2.05) is 13.8 Å². The number of esters is 1. The van der Waals surface area contributed by atoms with Gasteiger partial charge in [-0.2, -0.15) is 5.10 Å². The predicted molar refractivity (Wildman–Crippen MR) is 115 cm³/mol. The zero-order valence-electron chi connectivity index (χ0n) is 18.2. The first kappa shape index (κ1) is 22.0. The second-order valence-corrected chi connectivity index (χ2v) is 8.79. The second kappa shape index (κ2) is 9.41. The molecule has 1 amide bonds. The first-order valence-electron chi connectivity index (χ1n) is 10.7. The Morgan fingerprint density at radius 2 is 1.90 bits per heavy atom. The number of carbonyl (C=O) groups excluding carboxylic acids is 2. The Balaban J connectivity index is 1.74. The van der Waals surface area contributed by atoms with Crippen molar-refractivity contribution in [1.82, 2.24) is 15.1 Å². The highest BCUT2D eigenvalue weighted by atomic mass is 16.5. The van der Waals surface area contributed by atoms with Crippen LogP contribution in [0.3, 0.4) is 0 Å². The Kier molecular flexibility index (Phi) is 6.90. The Labute approximate surface area is 176 Å². The number of aromatic nitrogens is 2. The second-order valence-electron chi connectivity index (χ2n) is 8.79. The smallest absolute Gasteiger partial charge is 0.359 e. The standard InChI is InChI=1S/C23H31N3O4/c1-14(2)12-26-22(28)18-10-6-5-9-17(18)21(25-26)23(29)30-13-20(27)24-19-11-7-8-15(3)16(19)4/h5-6,9-10,14-16,19H,7-8,11-13H2,1-4H3,(H,24,27)/t15-,16-,19-/m1/s1. The fourth-order valence-electron chi connectivity index (χ4n) is 4.09. The fourth-order valence-corrected chi connectivity index (χ4v) is 4.09. The van der Waals surface area contributed by atoms with E-state index >= 15 is 0 Å². The summed E-state index contributed by atoms with van der Waals surface area (Å²) in [6.45, 7) is 8.32. The lowest BCUT2D eigenvalue weighted by atomic mass is 9.78. The molecule has 1 aliphatic carbocycles. The summed E-state index contributed by atoms with van der Waals surface area (Å²) < 4.78 is 6.57. The van der Waals surface area contributed by atoms with Gasteiger partial charge in [0.1, 0.15) is 0 Å². The van der Waals surface area contributed by atoms with E-state index in [1.165, 1.54) is 11.1 Å². The van der Waals surface area contributed by atoms with E-state index < -0.39 is 5.97 Å². The molecule has 0 radical (unpaired) electrons. The van der Waals surface area contributed by atoms with Crippen molar-refractivity contribution >= 4 is 22.6 Å². The number of rotatable bonds is 6. The van der Waals surface area contributed by atoms with Crippen molar-refractivity contribution in [3.63, 3.8) is 0 Å². The van der Waals surface area contributed by atoms with Crippen LogP contribution in [-0.2, 0) is 16.1 Å². The molecule has 1 aromatic carbocycles. The average Bonchev–Trinajstić information content (AvgIpc) is 2.71. The molecule has 7 heteroatoms. The van der Waals surface area contributed by atoms with E-state index in [9.17, 15) is 14.4 Å².